The first-order valence-electron chi connectivity index (χ1n) is 23.5. The molecular weight excluding hydrogens is 1020 g/mol. The lowest BCUT2D eigenvalue weighted by Gasteiger charge is -2.36. The van der Waals surface area contributed by atoms with Gasteiger partial charge in [0.25, 0.3) is 22.1 Å². The summed E-state index contributed by atoms with van der Waals surface area (Å²) in [6.45, 7) is 7.97. The van der Waals surface area contributed by atoms with Crippen molar-refractivity contribution in [1.29, 1.82) is 0 Å². The summed E-state index contributed by atoms with van der Waals surface area (Å²) in [4.78, 5) is 109. The number of hydrogen-bond donors (Lipinski definition) is 5. The number of benzene rings is 1. The van der Waals surface area contributed by atoms with Gasteiger partial charge in [0, 0.05) is 36.8 Å². The van der Waals surface area contributed by atoms with Gasteiger partial charge in [0.1, 0.15) is 47.6 Å². The van der Waals surface area contributed by atoms with E-state index in [-0.39, 0.29) is 48.7 Å². The van der Waals surface area contributed by atoms with E-state index in [1.807, 2.05) is 27.7 Å². The lowest BCUT2D eigenvalue weighted by Crippen LogP contribution is -2.46. The van der Waals surface area contributed by atoms with Gasteiger partial charge in [-0.25, -0.2) is 19.3 Å². The summed E-state index contributed by atoms with van der Waals surface area (Å²) in [5.74, 6) is -1.62. The molecule has 0 radical (unpaired) electrons. The van der Waals surface area contributed by atoms with Crippen molar-refractivity contribution < 1.29 is 90.0 Å². The number of aryl methyl sites for hydroxylation is 2. The second kappa shape index (κ2) is 26.6. The first-order valence-corrected chi connectivity index (χ1v) is 27.9. The Morgan fingerprint density at radius 1 is 0.890 bits per heavy atom. The van der Waals surface area contributed by atoms with Crippen molar-refractivity contribution >= 4 is 64.5 Å². The number of rotatable bonds is 33. The number of fused-ring (bicyclic) bond motifs is 1. The minimum absolute atomic E-state index is 0.0155. The SMILES string of the molecule is CC(C)(CCCCc1cccc(CCCCCC(C)(C)C(=O)CCNC(=O)CCNC(=O)C(O)C(C)(C)COP(=O)([O-])OP(=O)([O-])OCC2OC(n3cnc4c(N)ncnc43)C(O)C2OP(=O)([O-])[O-])c1)OC=O. The van der Waals surface area contributed by atoms with Crippen molar-refractivity contribution in [3.05, 3.63) is 48.0 Å². The zero-order valence-electron chi connectivity index (χ0n) is 41.6. The average Bonchev–Trinajstić information content (AvgIpc) is 3.85. The fraction of sp³-hybridized carbons (Fsp3) is 0.659. The number of nitrogens with zero attached hydrogens (tertiary/aromatic N) is 4. The smallest absolute Gasteiger partial charge is 0.293 e. The molecule has 3 aromatic rings. The predicted molar refractivity (Wildman–Crippen MR) is 252 cm³/mol. The van der Waals surface area contributed by atoms with Crippen LogP contribution in [0, 0.1) is 10.8 Å². The molecule has 4 rings (SSSR count). The zero-order valence-corrected chi connectivity index (χ0v) is 44.3. The first kappa shape index (κ1) is 61.4. The van der Waals surface area contributed by atoms with E-state index in [1.165, 1.54) is 25.0 Å². The number of anilines is 1. The fourth-order valence-electron chi connectivity index (χ4n) is 7.79. The van der Waals surface area contributed by atoms with Gasteiger partial charge < -0.3 is 73.8 Å². The lowest BCUT2D eigenvalue weighted by atomic mass is 9.81. The molecule has 26 nitrogen and oxygen atoms in total. The Hall–Kier alpha value is -4.10. The highest BCUT2D eigenvalue weighted by atomic mass is 31.3. The van der Waals surface area contributed by atoms with Gasteiger partial charge >= 0.3 is 0 Å². The van der Waals surface area contributed by atoms with Crippen molar-refractivity contribution in [1.82, 2.24) is 30.2 Å². The molecule has 1 aliphatic heterocycles. The highest BCUT2D eigenvalue weighted by molar-refractivity contribution is 7.59. The van der Waals surface area contributed by atoms with Gasteiger partial charge in [0.05, 0.1) is 27.4 Å². The molecule has 29 heteroatoms. The van der Waals surface area contributed by atoms with Crippen LogP contribution in [-0.2, 0) is 73.1 Å². The van der Waals surface area contributed by atoms with Crippen LogP contribution in [0.1, 0.15) is 117 Å². The van der Waals surface area contributed by atoms with Gasteiger partial charge in [0.2, 0.25) is 11.8 Å². The number of aliphatic hydroxyl groups is 2. The number of ketones is 1. The van der Waals surface area contributed by atoms with E-state index in [2.05, 4.69) is 67.7 Å². The number of nitrogens with two attached hydrogens (primary N) is 1. The minimum Gasteiger partial charge on any atom is -0.790 e. The molecule has 0 spiro atoms. The second-order valence-electron chi connectivity index (χ2n) is 19.6. The van der Waals surface area contributed by atoms with Crippen molar-refractivity contribution in [3.63, 3.8) is 0 Å². The fourth-order valence-corrected chi connectivity index (χ4v) is 10.5. The Morgan fingerprint density at radius 3 is 2.18 bits per heavy atom. The number of Topliss-reactive ketones (excluding diaryl/α,β-unsaturated/α-hetero) is 1. The van der Waals surface area contributed by atoms with Crippen molar-refractivity contribution in [2.24, 2.45) is 10.8 Å². The standard InChI is InChI=1S/C44H70N7O19P3/c1-42(2,19-10-7-8-13-29-15-12-16-30(23-29)14-9-11-20-44(5,6)65-28-52)32(53)17-21-46-33(54)18-22-47-40(57)37(56)43(3,4)25-67-73(63,64)70-72(61,62)66-24-31-36(69-71(58,59)60)35(55)41(68-31)51-27-50-34-38(45)48-26-49-39(34)51/h12,15-16,23,26-28,31,35-37,41,55-56H,7-11,13-14,17-22,24-25H2,1-6H3,(H,46,54)(H,47,57)(H,61,62)(H,63,64)(H2,45,48,49)(H2,58,59,60)/p-4. The highest BCUT2D eigenvalue weighted by Crippen LogP contribution is 2.56. The number of phosphoric ester groups is 3. The maximum absolute atomic E-state index is 13.0. The van der Waals surface area contributed by atoms with Gasteiger partial charge in [0.15, 0.2) is 17.7 Å². The number of nitrogen functional groups attached to an aromatic ring is 1. The van der Waals surface area contributed by atoms with E-state index in [4.69, 9.17) is 15.2 Å². The van der Waals surface area contributed by atoms with Crippen LogP contribution in [0.4, 0.5) is 5.82 Å². The summed E-state index contributed by atoms with van der Waals surface area (Å²) in [5.41, 5.74) is 5.52. The highest BCUT2D eigenvalue weighted by Gasteiger charge is 2.47. The number of hydrogen-bond acceptors (Lipinski definition) is 23. The molecule has 1 aromatic carbocycles. The normalized spacial score (nSPS) is 19.7. The Bertz CT molecular complexity index is 2490. The zero-order chi connectivity index (χ0) is 54.4. The second-order valence-corrected chi connectivity index (χ2v) is 23.7. The van der Waals surface area contributed by atoms with Crippen LogP contribution in [0.3, 0.4) is 0 Å². The molecule has 2 aromatic heterocycles. The van der Waals surface area contributed by atoms with Crippen molar-refractivity contribution in [2.75, 3.05) is 32.0 Å². The van der Waals surface area contributed by atoms with Gasteiger partial charge in [-0.2, -0.15) is 0 Å². The summed E-state index contributed by atoms with van der Waals surface area (Å²) in [6.07, 6.45) is 0.452. The summed E-state index contributed by atoms with van der Waals surface area (Å²) >= 11 is 0. The minimum atomic E-state index is -5.94. The molecule has 410 valence electrons. The van der Waals surface area contributed by atoms with E-state index < -0.39 is 95.6 Å². The number of carbonyl (C=O) groups is 4. The van der Waals surface area contributed by atoms with Crippen LogP contribution in [0.25, 0.3) is 11.2 Å². The number of nitrogens with one attached hydrogen (secondary N) is 2. The molecule has 1 saturated heterocycles. The summed E-state index contributed by atoms with van der Waals surface area (Å²) in [6, 6.07) is 8.53. The van der Waals surface area contributed by atoms with Crippen molar-refractivity contribution in [3.8, 4) is 0 Å². The number of carbonyl (C=O) groups excluding carboxylic acids is 4. The van der Waals surface area contributed by atoms with E-state index in [0.29, 0.717) is 12.9 Å². The molecule has 6 N–H and O–H groups in total. The van der Waals surface area contributed by atoms with Crippen LogP contribution in [0.15, 0.2) is 36.9 Å². The Morgan fingerprint density at radius 2 is 1.52 bits per heavy atom. The van der Waals surface area contributed by atoms with Crippen LogP contribution in [-0.4, -0.2) is 110 Å². The monoisotopic (exact) mass is 1090 g/mol. The maximum atomic E-state index is 13.0. The average molecular weight is 1090 g/mol. The van der Waals surface area contributed by atoms with E-state index in [1.54, 1.807) is 0 Å². The topological polar surface area (TPSA) is 401 Å². The number of unbranched alkanes of at least 4 members (excludes halogenated alkanes) is 3. The van der Waals surface area contributed by atoms with Gasteiger partial charge in [-0.05, 0) is 69.9 Å². The van der Waals surface area contributed by atoms with Crippen molar-refractivity contribution in [2.45, 2.75) is 148 Å². The van der Waals surface area contributed by atoms with E-state index in [0.717, 1.165) is 68.6 Å². The third kappa shape index (κ3) is 19.8. The Kier molecular flexibility index (Phi) is 22.4. The lowest BCUT2D eigenvalue weighted by molar-refractivity contribution is -0.347. The number of phosphoric acid groups is 3. The number of imidazole rings is 1. The van der Waals surface area contributed by atoms with E-state index >= 15 is 0 Å². The molecule has 2 amide bonds. The number of amides is 2. The molecule has 0 saturated carbocycles. The molecule has 1 fully saturated rings. The summed E-state index contributed by atoms with van der Waals surface area (Å²) in [5, 5.41) is 26.5. The molecule has 7 unspecified atom stereocenters. The van der Waals surface area contributed by atoms with Crippen LogP contribution in [0.2, 0.25) is 0 Å². The van der Waals surface area contributed by atoms with Gasteiger partial charge in [-0.1, -0.05) is 64.8 Å². The molecule has 73 heavy (non-hydrogen) atoms. The van der Waals surface area contributed by atoms with Gasteiger partial charge in [-0.15, -0.1) is 0 Å². The van der Waals surface area contributed by atoms with E-state index in [9.17, 15) is 62.7 Å². The quantitative estimate of drug-likeness (QED) is 0.0326. The van der Waals surface area contributed by atoms with Crippen LogP contribution in [0.5, 0.6) is 0 Å². The third-order valence-corrected chi connectivity index (χ3v) is 15.1. The molecule has 0 bridgehead atoms. The first-order chi connectivity index (χ1) is 33.9. The molecular formula is C44H66N7O19P3-4. The largest absolute Gasteiger partial charge is 0.790 e. The Labute approximate surface area is 422 Å². The van der Waals surface area contributed by atoms with Gasteiger partial charge in [-0.3, -0.25) is 32.9 Å². The number of aromatic nitrogens is 4. The molecule has 3 heterocycles. The van der Waals surface area contributed by atoms with Crippen LogP contribution < -0.4 is 35.9 Å². The predicted octanol–water partition coefficient (Wildman–Crippen LogP) is 1.33. The summed E-state index contributed by atoms with van der Waals surface area (Å²) in [7, 11) is -17.7. The Balaban J connectivity index is 1.12. The maximum Gasteiger partial charge on any atom is 0.293 e. The third-order valence-electron chi connectivity index (χ3n) is 12.1. The summed E-state index contributed by atoms with van der Waals surface area (Å²) < 4.78 is 66.1. The molecule has 7 atom stereocenters. The number of ether oxygens (including phenoxy) is 2. The number of aliphatic hydroxyl groups excluding tert-OH is 2. The molecule has 0 aliphatic carbocycles. The molecule has 1 aliphatic rings. The van der Waals surface area contributed by atoms with Crippen LogP contribution >= 0.6 is 23.5 Å².